The first kappa shape index (κ1) is 20.0. The Morgan fingerprint density at radius 3 is 2.75 bits per heavy atom. The minimum absolute atomic E-state index is 0.0248. The highest BCUT2D eigenvalue weighted by Gasteiger charge is 2.26. The molecule has 0 aliphatic carbocycles. The zero-order valence-electron chi connectivity index (χ0n) is 15.0. The molecule has 1 aliphatic heterocycles. The summed E-state index contributed by atoms with van der Waals surface area (Å²) in [4.78, 5) is 27.6. The van der Waals surface area contributed by atoms with Crippen molar-refractivity contribution in [3.8, 4) is 11.5 Å². The number of hydrogen-bond acceptors (Lipinski definition) is 6. The van der Waals surface area contributed by atoms with Crippen LogP contribution in [0.25, 0.3) is 6.08 Å². The molecular weight excluding hydrogens is 480 g/mol. The molecule has 0 saturated heterocycles. The molecule has 1 aliphatic rings. The average molecular weight is 495 g/mol. The molecule has 0 bridgehead atoms. The van der Waals surface area contributed by atoms with Crippen LogP contribution in [0, 0.1) is 9.39 Å². The predicted octanol–water partition coefficient (Wildman–Crippen LogP) is 4.10. The topological polar surface area (TPSA) is 74.2 Å². The molecule has 0 unspecified atom stereocenters. The third-order valence-corrected chi connectivity index (χ3v) is 4.41. The minimum Gasteiger partial charge on any atom is -0.490 e. The van der Waals surface area contributed by atoms with Crippen molar-refractivity contribution in [1.82, 2.24) is 0 Å². The summed E-state index contributed by atoms with van der Waals surface area (Å²) in [6.45, 7) is 3.46. The lowest BCUT2D eigenvalue weighted by Gasteiger charge is -2.12. The van der Waals surface area contributed by atoms with Gasteiger partial charge in [-0.3, -0.25) is 4.79 Å². The lowest BCUT2D eigenvalue weighted by atomic mass is 10.1. The normalized spacial score (nSPS) is 14.6. The predicted molar refractivity (Wildman–Crippen MR) is 109 cm³/mol. The van der Waals surface area contributed by atoms with Gasteiger partial charge >= 0.3 is 11.9 Å². The van der Waals surface area contributed by atoms with E-state index in [0.717, 1.165) is 0 Å². The van der Waals surface area contributed by atoms with E-state index in [0.29, 0.717) is 27.2 Å². The second kappa shape index (κ2) is 8.51. The first-order chi connectivity index (χ1) is 13.4. The number of cyclic esters (lactones) is 1. The fraction of sp³-hybridized carbons (Fsp3) is 0.150. The van der Waals surface area contributed by atoms with Gasteiger partial charge in [-0.1, -0.05) is 12.1 Å². The number of benzene rings is 2. The first-order valence-corrected chi connectivity index (χ1v) is 9.39. The van der Waals surface area contributed by atoms with Crippen molar-refractivity contribution >= 4 is 46.5 Å². The fourth-order valence-corrected chi connectivity index (χ4v) is 3.23. The van der Waals surface area contributed by atoms with Crippen molar-refractivity contribution in [1.29, 1.82) is 0 Å². The molecule has 3 rings (SSSR count). The number of esters is 2. The molecule has 6 nitrogen and oxygen atoms in total. The molecule has 2 aromatic rings. The number of carbonyl (C=O) groups excluding carboxylic acids is 2. The minimum atomic E-state index is -0.685. The average Bonchev–Trinajstić information content (AvgIpc) is 2.99. The summed E-state index contributed by atoms with van der Waals surface area (Å²) >= 11 is 2.01. The van der Waals surface area contributed by atoms with Crippen LogP contribution in [-0.4, -0.2) is 24.4 Å². The van der Waals surface area contributed by atoms with Crippen molar-refractivity contribution in [2.75, 3.05) is 6.61 Å². The van der Waals surface area contributed by atoms with Crippen LogP contribution >= 0.6 is 22.6 Å². The van der Waals surface area contributed by atoms with Gasteiger partial charge in [-0.2, -0.15) is 0 Å². The molecule has 1 heterocycles. The van der Waals surface area contributed by atoms with E-state index >= 15 is 0 Å². The van der Waals surface area contributed by atoms with E-state index in [1.807, 2.05) is 22.6 Å². The summed E-state index contributed by atoms with van der Waals surface area (Å²) in [7, 11) is 0. The molecule has 0 saturated carbocycles. The van der Waals surface area contributed by atoms with Gasteiger partial charge in [0.1, 0.15) is 5.82 Å². The Morgan fingerprint density at radius 1 is 1.32 bits per heavy atom. The van der Waals surface area contributed by atoms with Gasteiger partial charge in [0.15, 0.2) is 17.2 Å². The first-order valence-electron chi connectivity index (χ1n) is 8.31. The van der Waals surface area contributed by atoms with E-state index < -0.39 is 17.8 Å². The third-order valence-electron chi connectivity index (χ3n) is 3.61. The Hall–Kier alpha value is -2.75. The van der Waals surface area contributed by atoms with Crippen LogP contribution in [0.2, 0.25) is 0 Å². The molecule has 0 amide bonds. The Morgan fingerprint density at radius 2 is 2.07 bits per heavy atom. The molecular formula is C20H15FINO5. The van der Waals surface area contributed by atoms with E-state index in [1.165, 1.54) is 31.2 Å². The maximum atomic E-state index is 13.9. The SMILES string of the molecule is CCOc1cc(/C=C2\N=C(c3ccccc3F)OC2=O)cc(I)c1OC(C)=O. The Kier molecular flexibility index (Phi) is 6.08. The molecule has 28 heavy (non-hydrogen) atoms. The van der Waals surface area contributed by atoms with Crippen molar-refractivity contribution in [3.63, 3.8) is 0 Å². The second-order valence-corrected chi connectivity index (χ2v) is 6.83. The van der Waals surface area contributed by atoms with E-state index in [1.54, 1.807) is 25.1 Å². The number of rotatable bonds is 5. The number of nitrogens with zero attached hydrogens (tertiary/aromatic N) is 1. The molecule has 0 N–H and O–H groups in total. The Labute approximate surface area is 174 Å². The third kappa shape index (κ3) is 4.38. The van der Waals surface area contributed by atoms with E-state index in [-0.39, 0.29) is 17.2 Å². The lowest BCUT2D eigenvalue weighted by molar-refractivity contribution is -0.132. The van der Waals surface area contributed by atoms with Crippen LogP contribution in [0.5, 0.6) is 11.5 Å². The smallest absolute Gasteiger partial charge is 0.363 e. The standard InChI is InChI=1S/C20H15FINO5/c1-3-26-17-10-12(8-15(22)18(17)27-11(2)24)9-16-20(25)28-19(23-16)13-6-4-5-7-14(13)21/h4-10H,3H2,1-2H3/b16-9-. The van der Waals surface area contributed by atoms with Crippen LogP contribution in [0.15, 0.2) is 47.1 Å². The summed E-state index contributed by atoms with van der Waals surface area (Å²) in [6, 6.07) is 9.24. The highest BCUT2D eigenvalue weighted by molar-refractivity contribution is 14.1. The van der Waals surface area contributed by atoms with Crippen LogP contribution in [-0.2, 0) is 14.3 Å². The number of carbonyl (C=O) groups is 2. The second-order valence-electron chi connectivity index (χ2n) is 5.67. The van der Waals surface area contributed by atoms with Crippen LogP contribution in [0.4, 0.5) is 4.39 Å². The quantitative estimate of drug-likeness (QED) is 0.271. The van der Waals surface area contributed by atoms with Crippen molar-refractivity contribution in [3.05, 3.63) is 62.6 Å². The lowest BCUT2D eigenvalue weighted by Crippen LogP contribution is -2.07. The molecule has 8 heteroatoms. The van der Waals surface area contributed by atoms with E-state index in [2.05, 4.69) is 4.99 Å². The highest BCUT2D eigenvalue weighted by Crippen LogP contribution is 2.35. The van der Waals surface area contributed by atoms with Crippen molar-refractivity contribution in [2.45, 2.75) is 13.8 Å². The summed E-state index contributed by atoms with van der Waals surface area (Å²) in [5.41, 5.74) is 0.722. The number of aliphatic imine (C=N–C) groups is 1. The van der Waals surface area contributed by atoms with Gasteiger partial charge in [0.05, 0.1) is 15.7 Å². The highest BCUT2D eigenvalue weighted by atomic mass is 127. The maximum Gasteiger partial charge on any atom is 0.363 e. The summed E-state index contributed by atoms with van der Waals surface area (Å²) in [6.07, 6.45) is 1.50. The Balaban J connectivity index is 1.99. The van der Waals surface area contributed by atoms with Gasteiger partial charge in [-0.15, -0.1) is 0 Å². The molecule has 144 valence electrons. The van der Waals surface area contributed by atoms with Crippen LogP contribution < -0.4 is 9.47 Å². The molecule has 0 aromatic heterocycles. The molecule has 0 fully saturated rings. The molecule has 0 atom stereocenters. The van der Waals surface area contributed by atoms with Gasteiger partial charge in [-0.05, 0) is 65.4 Å². The number of ether oxygens (including phenoxy) is 3. The van der Waals surface area contributed by atoms with Crippen molar-refractivity contribution in [2.24, 2.45) is 4.99 Å². The number of hydrogen-bond donors (Lipinski definition) is 0. The molecule has 2 aromatic carbocycles. The molecule has 0 radical (unpaired) electrons. The van der Waals surface area contributed by atoms with Gasteiger partial charge < -0.3 is 14.2 Å². The number of halogens is 2. The Bertz CT molecular complexity index is 1020. The maximum absolute atomic E-state index is 13.9. The van der Waals surface area contributed by atoms with Crippen LogP contribution in [0.3, 0.4) is 0 Å². The monoisotopic (exact) mass is 495 g/mol. The van der Waals surface area contributed by atoms with Gasteiger partial charge in [0.2, 0.25) is 5.90 Å². The summed E-state index contributed by atoms with van der Waals surface area (Å²) < 4.78 is 30.4. The largest absolute Gasteiger partial charge is 0.490 e. The molecule has 0 spiro atoms. The van der Waals surface area contributed by atoms with Crippen LogP contribution in [0.1, 0.15) is 25.0 Å². The van der Waals surface area contributed by atoms with Gasteiger partial charge in [0.25, 0.3) is 0 Å². The van der Waals surface area contributed by atoms with E-state index in [4.69, 9.17) is 14.2 Å². The van der Waals surface area contributed by atoms with E-state index in [9.17, 15) is 14.0 Å². The summed E-state index contributed by atoms with van der Waals surface area (Å²) in [5, 5.41) is 0. The van der Waals surface area contributed by atoms with Gasteiger partial charge in [0, 0.05) is 6.92 Å². The van der Waals surface area contributed by atoms with Crippen molar-refractivity contribution < 1.29 is 28.2 Å². The zero-order chi connectivity index (χ0) is 20.3. The fourth-order valence-electron chi connectivity index (χ4n) is 2.49. The van der Waals surface area contributed by atoms with Gasteiger partial charge in [-0.25, -0.2) is 14.2 Å². The summed E-state index contributed by atoms with van der Waals surface area (Å²) in [5.74, 6) is -1.11. The zero-order valence-corrected chi connectivity index (χ0v) is 17.2.